The molecule has 12 heavy (non-hydrogen) atoms. The first-order chi connectivity index (χ1) is 5.72. The van der Waals surface area contributed by atoms with Crippen molar-refractivity contribution in [1.82, 2.24) is 4.98 Å². The van der Waals surface area contributed by atoms with Gasteiger partial charge >= 0.3 is 0 Å². The molecule has 0 aliphatic carbocycles. The Kier molecular flexibility index (Phi) is 1.21. The summed E-state index contributed by atoms with van der Waals surface area (Å²) in [6.45, 7) is 1.70. The number of nitrogens with two attached hydrogens (primary N) is 1. The third-order valence-electron chi connectivity index (χ3n) is 1.59. The molecule has 2 rings (SSSR count). The van der Waals surface area contributed by atoms with Crippen LogP contribution in [0.1, 0.15) is 16.4 Å². The molecule has 2 heterocycles. The average molecular weight is 166 g/mol. The Labute approximate surface area is 67.2 Å². The SMILES string of the molecule is Cc1oc2nc(C=O)oc2c1N. The van der Waals surface area contributed by atoms with E-state index >= 15 is 0 Å². The van der Waals surface area contributed by atoms with E-state index in [2.05, 4.69) is 4.98 Å². The van der Waals surface area contributed by atoms with Crippen molar-refractivity contribution in [3.8, 4) is 0 Å². The molecule has 2 aromatic heterocycles. The Hall–Kier alpha value is -1.78. The topological polar surface area (TPSA) is 82.3 Å². The van der Waals surface area contributed by atoms with Crippen LogP contribution in [-0.2, 0) is 0 Å². The highest BCUT2D eigenvalue weighted by Crippen LogP contribution is 2.27. The molecule has 5 heteroatoms. The van der Waals surface area contributed by atoms with E-state index in [1.54, 1.807) is 6.92 Å². The molecule has 0 atom stereocenters. The van der Waals surface area contributed by atoms with Gasteiger partial charge in [0.15, 0.2) is 0 Å². The normalized spacial score (nSPS) is 10.8. The van der Waals surface area contributed by atoms with Crippen LogP contribution in [0.2, 0.25) is 0 Å². The Balaban J connectivity index is 2.79. The molecular formula is C7H6N2O3. The van der Waals surface area contributed by atoms with Gasteiger partial charge in [-0.1, -0.05) is 0 Å². The van der Waals surface area contributed by atoms with Gasteiger partial charge in [-0.25, -0.2) is 0 Å². The Morgan fingerprint density at radius 1 is 1.50 bits per heavy atom. The molecule has 0 aliphatic heterocycles. The summed E-state index contributed by atoms with van der Waals surface area (Å²) in [4.78, 5) is 14.0. The number of aldehydes is 1. The predicted molar refractivity (Wildman–Crippen MR) is 40.8 cm³/mol. The number of oxazole rings is 1. The Morgan fingerprint density at radius 2 is 2.25 bits per heavy atom. The monoisotopic (exact) mass is 166 g/mol. The minimum Gasteiger partial charge on any atom is -0.438 e. The highest BCUT2D eigenvalue weighted by atomic mass is 16.4. The first-order valence-electron chi connectivity index (χ1n) is 3.33. The molecule has 0 amide bonds. The summed E-state index contributed by atoms with van der Waals surface area (Å²) in [7, 11) is 0. The van der Waals surface area contributed by atoms with Gasteiger partial charge < -0.3 is 14.6 Å². The number of rotatable bonds is 1. The van der Waals surface area contributed by atoms with Crippen LogP contribution in [0.3, 0.4) is 0 Å². The van der Waals surface area contributed by atoms with Crippen molar-refractivity contribution in [1.29, 1.82) is 0 Å². The first kappa shape index (κ1) is 6.90. The lowest BCUT2D eigenvalue weighted by molar-refractivity contribution is 0.109. The number of aromatic nitrogens is 1. The van der Waals surface area contributed by atoms with Crippen molar-refractivity contribution in [2.75, 3.05) is 5.73 Å². The van der Waals surface area contributed by atoms with Crippen molar-refractivity contribution < 1.29 is 13.6 Å². The zero-order valence-electron chi connectivity index (χ0n) is 6.33. The molecule has 0 aliphatic rings. The fraction of sp³-hybridized carbons (Fsp3) is 0.143. The van der Waals surface area contributed by atoms with Crippen LogP contribution in [0, 0.1) is 6.92 Å². The maximum absolute atomic E-state index is 10.2. The predicted octanol–water partition coefficient (Wildman–Crippen LogP) is 1.12. The number of furan rings is 1. The Bertz CT molecular complexity index is 441. The maximum atomic E-state index is 10.2. The second-order valence-electron chi connectivity index (χ2n) is 2.38. The van der Waals surface area contributed by atoms with Crippen LogP contribution in [0.5, 0.6) is 0 Å². The summed E-state index contributed by atoms with van der Waals surface area (Å²) in [5, 5.41) is 0. The summed E-state index contributed by atoms with van der Waals surface area (Å²) < 4.78 is 10.1. The number of anilines is 1. The van der Waals surface area contributed by atoms with Crippen molar-refractivity contribution in [3.63, 3.8) is 0 Å². The van der Waals surface area contributed by atoms with Crippen LogP contribution in [0.25, 0.3) is 11.3 Å². The van der Waals surface area contributed by atoms with Gasteiger partial charge in [-0.05, 0) is 6.92 Å². The summed E-state index contributed by atoms with van der Waals surface area (Å²) >= 11 is 0. The molecule has 0 unspecified atom stereocenters. The zero-order chi connectivity index (χ0) is 8.72. The highest BCUT2D eigenvalue weighted by molar-refractivity contribution is 5.85. The summed E-state index contributed by atoms with van der Waals surface area (Å²) in [5.74, 6) is 0.532. The number of nitrogens with zero attached hydrogens (tertiary/aromatic N) is 1. The van der Waals surface area contributed by atoms with Crippen LogP contribution >= 0.6 is 0 Å². The molecule has 5 nitrogen and oxygen atoms in total. The maximum Gasteiger partial charge on any atom is 0.268 e. The lowest BCUT2D eigenvalue weighted by Gasteiger charge is -1.83. The van der Waals surface area contributed by atoms with E-state index < -0.39 is 0 Å². The quantitative estimate of drug-likeness (QED) is 0.642. The third kappa shape index (κ3) is 0.730. The van der Waals surface area contributed by atoms with Gasteiger partial charge in [-0.2, -0.15) is 4.98 Å². The molecule has 0 aromatic carbocycles. The lowest BCUT2D eigenvalue weighted by atomic mass is 10.4. The minimum atomic E-state index is -0.0181. The largest absolute Gasteiger partial charge is 0.438 e. The Morgan fingerprint density at radius 3 is 2.83 bits per heavy atom. The summed E-state index contributed by atoms with van der Waals surface area (Å²) in [6.07, 6.45) is 0.504. The van der Waals surface area contributed by atoms with Crippen molar-refractivity contribution >= 4 is 23.3 Å². The average Bonchev–Trinajstić information content (AvgIpc) is 2.55. The van der Waals surface area contributed by atoms with E-state index in [-0.39, 0.29) is 11.6 Å². The second kappa shape index (κ2) is 2.10. The summed E-state index contributed by atoms with van der Waals surface area (Å²) in [5.41, 5.74) is 6.57. The van der Waals surface area contributed by atoms with Gasteiger partial charge in [-0.3, -0.25) is 4.79 Å². The number of fused-ring (bicyclic) bond motifs is 1. The van der Waals surface area contributed by atoms with Gasteiger partial charge in [0.1, 0.15) is 11.4 Å². The van der Waals surface area contributed by atoms with E-state index in [0.717, 1.165) is 0 Å². The van der Waals surface area contributed by atoms with Gasteiger partial charge in [0.25, 0.3) is 11.6 Å². The molecule has 2 N–H and O–H groups in total. The summed E-state index contributed by atoms with van der Waals surface area (Å²) in [6, 6.07) is 0. The van der Waals surface area contributed by atoms with Gasteiger partial charge in [0, 0.05) is 0 Å². The van der Waals surface area contributed by atoms with Crippen LogP contribution < -0.4 is 5.73 Å². The van der Waals surface area contributed by atoms with Crippen molar-refractivity contribution in [2.45, 2.75) is 6.92 Å². The van der Waals surface area contributed by atoms with E-state index in [9.17, 15) is 4.79 Å². The standard InChI is InChI=1S/C7H6N2O3/c1-3-5(8)6-7(11-3)9-4(2-10)12-6/h2H,8H2,1H3. The van der Waals surface area contributed by atoms with E-state index in [4.69, 9.17) is 14.6 Å². The molecule has 0 bridgehead atoms. The van der Waals surface area contributed by atoms with Crippen molar-refractivity contribution in [3.05, 3.63) is 11.7 Å². The molecule has 62 valence electrons. The third-order valence-corrected chi connectivity index (χ3v) is 1.59. The van der Waals surface area contributed by atoms with Crippen LogP contribution in [0.15, 0.2) is 8.83 Å². The van der Waals surface area contributed by atoms with E-state index in [0.29, 0.717) is 23.3 Å². The molecule has 0 saturated carbocycles. The van der Waals surface area contributed by atoms with E-state index in [1.807, 2.05) is 0 Å². The highest BCUT2D eigenvalue weighted by Gasteiger charge is 2.14. The number of carbonyl (C=O) groups excluding carboxylic acids is 1. The molecule has 2 aromatic rings. The van der Waals surface area contributed by atoms with Crippen molar-refractivity contribution in [2.24, 2.45) is 0 Å². The molecule has 0 saturated heterocycles. The fourth-order valence-corrected chi connectivity index (χ4v) is 0.972. The minimum absolute atomic E-state index is 0.0181. The second-order valence-corrected chi connectivity index (χ2v) is 2.38. The van der Waals surface area contributed by atoms with Gasteiger partial charge in [-0.15, -0.1) is 0 Å². The number of carbonyl (C=O) groups is 1. The number of hydrogen-bond donors (Lipinski definition) is 1. The molecule has 0 radical (unpaired) electrons. The number of aryl methyl sites for hydroxylation is 1. The zero-order valence-corrected chi connectivity index (χ0v) is 6.33. The van der Waals surface area contributed by atoms with Gasteiger partial charge in [0.05, 0.1) is 0 Å². The molecule has 0 fully saturated rings. The number of nitrogen functional groups attached to an aromatic ring is 1. The smallest absolute Gasteiger partial charge is 0.268 e. The lowest BCUT2D eigenvalue weighted by Crippen LogP contribution is -1.83. The molecule has 0 spiro atoms. The van der Waals surface area contributed by atoms with Gasteiger partial charge in [0.2, 0.25) is 11.9 Å². The number of hydrogen-bond acceptors (Lipinski definition) is 5. The van der Waals surface area contributed by atoms with Crippen LogP contribution in [0.4, 0.5) is 5.69 Å². The first-order valence-corrected chi connectivity index (χ1v) is 3.33. The van der Waals surface area contributed by atoms with E-state index in [1.165, 1.54) is 0 Å². The van der Waals surface area contributed by atoms with Crippen LogP contribution in [-0.4, -0.2) is 11.3 Å². The molecular weight excluding hydrogens is 160 g/mol. The fourth-order valence-electron chi connectivity index (χ4n) is 0.972.